The molecule has 4 rings (SSSR count). The summed E-state index contributed by atoms with van der Waals surface area (Å²) in [7, 11) is 0. The van der Waals surface area contributed by atoms with Gasteiger partial charge < -0.3 is 14.6 Å². The van der Waals surface area contributed by atoms with Crippen LogP contribution in [-0.4, -0.2) is 35.0 Å². The third-order valence-corrected chi connectivity index (χ3v) is 6.03. The van der Waals surface area contributed by atoms with Crippen molar-refractivity contribution in [1.82, 2.24) is 4.90 Å². The Morgan fingerprint density at radius 2 is 2.03 bits per heavy atom. The van der Waals surface area contributed by atoms with Crippen LogP contribution in [0.15, 0.2) is 54.6 Å². The fraction of sp³-hybridized carbons (Fsp3) is 0.375. The minimum atomic E-state index is -0.976. The largest absolute Gasteiger partial charge is 0.454 e. The molecule has 0 aromatic heterocycles. The highest BCUT2D eigenvalue weighted by Crippen LogP contribution is 2.39. The van der Waals surface area contributed by atoms with Gasteiger partial charge >= 0.3 is 0 Å². The van der Waals surface area contributed by atoms with Gasteiger partial charge in [-0.05, 0) is 49.4 Å². The van der Waals surface area contributed by atoms with E-state index in [0.29, 0.717) is 6.42 Å². The second kappa shape index (κ2) is 8.28. The number of aliphatic hydroxyl groups is 1. The summed E-state index contributed by atoms with van der Waals surface area (Å²) in [6.07, 6.45) is 6.31. The van der Waals surface area contributed by atoms with Crippen molar-refractivity contribution in [3.05, 3.63) is 65.7 Å². The first-order valence-electron chi connectivity index (χ1n) is 10.1. The molecule has 1 aliphatic heterocycles. The number of fused-ring (bicyclic) bond motifs is 1. The first kappa shape index (κ1) is 19.5. The highest BCUT2D eigenvalue weighted by Gasteiger charge is 2.44. The molecule has 29 heavy (non-hydrogen) atoms. The van der Waals surface area contributed by atoms with Crippen LogP contribution in [0, 0.1) is 11.3 Å². The molecule has 5 heteroatoms. The number of benzene rings is 2. The van der Waals surface area contributed by atoms with Crippen molar-refractivity contribution >= 4 is 6.08 Å². The van der Waals surface area contributed by atoms with Crippen LogP contribution in [0.3, 0.4) is 0 Å². The maximum absolute atomic E-state index is 11.5. The van der Waals surface area contributed by atoms with Gasteiger partial charge in [0, 0.05) is 12.1 Å². The molecule has 5 nitrogen and oxygen atoms in total. The van der Waals surface area contributed by atoms with Crippen LogP contribution < -0.4 is 9.47 Å². The van der Waals surface area contributed by atoms with Gasteiger partial charge in [-0.1, -0.05) is 48.6 Å². The van der Waals surface area contributed by atoms with Gasteiger partial charge in [0.1, 0.15) is 0 Å². The maximum atomic E-state index is 11.5. The van der Waals surface area contributed by atoms with Gasteiger partial charge in [-0.25, -0.2) is 0 Å². The number of ether oxygens (including phenoxy) is 2. The molecule has 1 N–H and O–H groups in total. The van der Waals surface area contributed by atoms with E-state index < -0.39 is 5.60 Å². The van der Waals surface area contributed by atoms with E-state index >= 15 is 0 Å². The molecule has 3 atom stereocenters. The van der Waals surface area contributed by atoms with Crippen molar-refractivity contribution in [2.75, 3.05) is 13.3 Å². The molecule has 1 heterocycles. The highest BCUT2D eigenvalue weighted by atomic mass is 16.7. The summed E-state index contributed by atoms with van der Waals surface area (Å²) >= 11 is 0. The van der Waals surface area contributed by atoms with Crippen molar-refractivity contribution in [3.63, 3.8) is 0 Å². The van der Waals surface area contributed by atoms with Crippen molar-refractivity contribution < 1.29 is 14.6 Å². The molecule has 1 fully saturated rings. The van der Waals surface area contributed by atoms with Gasteiger partial charge in [0.2, 0.25) is 6.79 Å². The van der Waals surface area contributed by atoms with Crippen LogP contribution in [0.1, 0.15) is 43.4 Å². The Kier molecular flexibility index (Phi) is 5.57. The zero-order valence-electron chi connectivity index (χ0n) is 16.6. The zero-order valence-corrected chi connectivity index (χ0v) is 16.6. The molecule has 2 aromatic rings. The predicted octanol–water partition coefficient (Wildman–Crippen LogP) is 4.30. The van der Waals surface area contributed by atoms with Crippen molar-refractivity contribution in [1.29, 1.82) is 5.26 Å². The van der Waals surface area contributed by atoms with Gasteiger partial charge in [-0.3, -0.25) is 4.90 Å². The average Bonchev–Trinajstić information content (AvgIpc) is 3.37. The van der Waals surface area contributed by atoms with E-state index in [-0.39, 0.29) is 25.4 Å². The van der Waals surface area contributed by atoms with Crippen LogP contribution >= 0.6 is 0 Å². The third-order valence-electron chi connectivity index (χ3n) is 6.03. The van der Waals surface area contributed by atoms with Gasteiger partial charge in [0.25, 0.3) is 0 Å². The first-order chi connectivity index (χ1) is 14.1. The number of nitriles is 1. The number of hydrogen-bond donors (Lipinski definition) is 1. The molecule has 0 saturated heterocycles. The lowest BCUT2D eigenvalue weighted by Crippen LogP contribution is -2.49. The molecule has 0 bridgehead atoms. The fourth-order valence-electron chi connectivity index (χ4n) is 4.42. The van der Waals surface area contributed by atoms with Crippen molar-refractivity contribution in [2.45, 2.75) is 43.9 Å². The molecular formula is C24H26N2O3. The molecule has 0 unspecified atom stereocenters. The smallest absolute Gasteiger partial charge is 0.231 e. The van der Waals surface area contributed by atoms with Crippen LogP contribution in [0.25, 0.3) is 6.08 Å². The summed E-state index contributed by atoms with van der Waals surface area (Å²) in [5, 5.41) is 20.9. The van der Waals surface area contributed by atoms with Crippen LogP contribution in [0.4, 0.5) is 0 Å². The predicted molar refractivity (Wildman–Crippen MR) is 111 cm³/mol. The van der Waals surface area contributed by atoms with Crippen LogP contribution in [-0.2, 0) is 0 Å². The van der Waals surface area contributed by atoms with Gasteiger partial charge in [-0.15, -0.1) is 0 Å². The Bertz CT molecular complexity index is 921. The normalized spacial score (nSPS) is 24.1. The van der Waals surface area contributed by atoms with Crippen molar-refractivity contribution in [3.8, 4) is 17.6 Å². The lowest BCUT2D eigenvalue weighted by molar-refractivity contribution is 0.000751. The van der Waals surface area contributed by atoms with E-state index in [1.165, 1.54) is 0 Å². The molecule has 150 valence electrons. The number of hydrogen-bond acceptors (Lipinski definition) is 5. The number of rotatable bonds is 6. The van der Waals surface area contributed by atoms with E-state index in [9.17, 15) is 10.4 Å². The maximum Gasteiger partial charge on any atom is 0.231 e. The number of nitrogens with zero attached hydrogens (tertiary/aromatic N) is 2. The summed E-state index contributed by atoms with van der Waals surface area (Å²) < 4.78 is 10.8. The van der Waals surface area contributed by atoms with Crippen LogP contribution in [0.2, 0.25) is 0 Å². The average molecular weight is 390 g/mol. The Hall–Kier alpha value is -2.81. The quantitative estimate of drug-likeness (QED) is 0.745. The lowest BCUT2D eigenvalue weighted by Gasteiger charge is -2.39. The third kappa shape index (κ3) is 4.00. The van der Waals surface area contributed by atoms with E-state index in [2.05, 4.69) is 30.0 Å². The van der Waals surface area contributed by atoms with E-state index in [4.69, 9.17) is 9.47 Å². The van der Waals surface area contributed by atoms with Crippen molar-refractivity contribution in [2.24, 2.45) is 0 Å². The van der Waals surface area contributed by atoms with E-state index in [1.54, 1.807) is 0 Å². The molecule has 2 aliphatic rings. The Morgan fingerprint density at radius 1 is 1.24 bits per heavy atom. The molecule has 1 aliphatic carbocycles. The van der Waals surface area contributed by atoms with Gasteiger partial charge in [-0.2, -0.15) is 5.26 Å². The standard InChI is InChI=1S/C24H26N2O3/c1-18(20-6-3-2-4-7-20)26(15-14-25)23-8-5-12-24(23,27)13-11-19-9-10-21-22(16-19)29-17-28-21/h2-4,6-7,9-11,13,16,18,23,27H,5,8,12,15,17H2,1H3/b13-11+/t18-,23-,24-/m0/s1. The topological polar surface area (TPSA) is 65.7 Å². The molecule has 0 amide bonds. The second-order valence-electron chi connectivity index (χ2n) is 7.76. The SMILES string of the molecule is C[C@@H](c1ccccc1)N(CC#N)[C@H]1CCC[C@]1(O)/C=C/c1ccc2c(c1)OCO2. The highest BCUT2D eigenvalue weighted by molar-refractivity contribution is 5.57. The molecule has 0 radical (unpaired) electrons. The summed E-state index contributed by atoms with van der Waals surface area (Å²) in [6, 6.07) is 18.2. The Balaban J connectivity index is 1.58. The minimum absolute atomic E-state index is 0.0458. The Labute approximate surface area is 171 Å². The second-order valence-corrected chi connectivity index (χ2v) is 7.76. The molecule has 1 saturated carbocycles. The fourth-order valence-corrected chi connectivity index (χ4v) is 4.42. The molecular weight excluding hydrogens is 364 g/mol. The Morgan fingerprint density at radius 3 is 2.83 bits per heavy atom. The van der Waals surface area contributed by atoms with E-state index in [1.807, 2.05) is 48.6 Å². The summed E-state index contributed by atoms with van der Waals surface area (Å²) in [5.41, 5.74) is 1.13. The van der Waals surface area contributed by atoms with Gasteiger partial charge in [0.15, 0.2) is 11.5 Å². The zero-order chi connectivity index (χ0) is 20.3. The lowest BCUT2D eigenvalue weighted by atomic mass is 9.92. The van der Waals surface area contributed by atoms with E-state index in [0.717, 1.165) is 35.5 Å². The monoisotopic (exact) mass is 390 g/mol. The minimum Gasteiger partial charge on any atom is -0.454 e. The van der Waals surface area contributed by atoms with Gasteiger partial charge in [0.05, 0.1) is 18.2 Å². The first-order valence-corrected chi connectivity index (χ1v) is 10.1. The summed E-state index contributed by atoms with van der Waals surface area (Å²) in [6.45, 7) is 2.63. The van der Waals surface area contributed by atoms with Crippen LogP contribution in [0.5, 0.6) is 11.5 Å². The summed E-state index contributed by atoms with van der Waals surface area (Å²) in [5.74, 6) is 1.47. The molecule has 2 aromatic carbocycles. The molecule has 0 spiro atoms. The summed E-state index contributed by atoms with van der Waals surface area (Å²) in [4.78, 5) is 2.13.